The summed E-state index contributed by atoms with van der Waals surface area (Å²) in [5.41, 5.74) is 6.75. The van der Waals surface area contributed by atoms with Crippen molar-refractivity contribution in [2.75, 3.05) is 38.8 Å². The number of rotatable bonds is 5. The molecule has 31 heavy (non-hydrogen) atoms. The molecule has 162 valence electrons. The molecule has 10 nitrogen and oxygen atoms in total. The maximum absolute atomic E-state index is 12.1. The van der Waals surface area contributed by atoms with Gasteiger partial charge in [-0.3, -0.25) is 4.79 Å². The predicted molar refractivity (Wildman–Crippen MR) is 116 cm³/mol. The molecular formula is C20H23N7O3S. The molecule has 1 saturated heterocycles. The van der Waals surface area contributed by atoms with Gasteiger partial charge >= 0.3 is 6.01 Å². The Balaban J connectivity index is 1.66. The van der Waals surface area contributed by atoms with Crippen LogP contribution in [-0.4, -0.2) is 70.8 Å². The Bertz CT molecular complexity index is 1070. The topological polar surface area (TPSA) is 120 Å². The number of carbonyl (C=O) groups is 1. The fourth-order valence-corrected chi connectivity index (χ4v) is 3.71. The van der Waals surface area contributed by atoms with Gasteiger partial charge in [-0.2, -0.15) is 15.0 Å². The maximum atomic E-state index is 12.1. The van der Waals surface area contributed by atoms with Gasteiger partial charge in [-0.1, -0.05) is 0 Å². The van der Waals surface area contributed by atoms with Crippen molar-refractivity contribution in [3.63, 3.8) is 0 Å². The number of aromatic nitrogens is 4. The van der Waals surface area contributed by atoms with Gasteiger partial charge < -0.3 is 25.0 Å². The number of aryl methyl sites for hydroxylation is 1. The van der Waals surface area contributed by atoms with E-state index >= 15 is 0 Å². The molecule has 0 radical (unpaired) electrons. The molecule has 3 heterocycles. The molecule has 1 aliphatic heterocycles. The van der Waals surface area contributed by atoms with Crippen molar-refractivity contribution >= 4 is 23.2 Å². The molecule has 1 amide bonds. The van der Waals surface area contributed by atoms with Crippen molar-refractivity contribution in [2.45, 2.75) is 13.1 Å². The van der Waals surface area contributed by atoms with Crippen LogP contribution in [-0.2, 0) is 4.74 Å². The van der Waals surface area contributed by atoms with Crippen molar-refractivity contribution in [2.24, 2.45) is 5.73 Å². The quantitative estimate of drug-likeness (QED) is 0.633. The minimum atomic E-state index is -0.364. The smallest absolute Gasteiger partial charge is 0.327 e. The van der Waals surface area contributed by atoms with E-state index in [2.05, 4.69) is 19.9 Å². The summed E-state index contributed by atoms with van der Waals surface area (Å²) in [5.74, 6) is 1.30. The van der Waals surface area contributed by atoms with E-state index in [1.54, 1.807) is 44.6 Å². The molecule has 0 saturated carbocycles. The zero-order chi connectivity index (χ0) is 22.0. The summed E-state index contributed by atoms with van der Waals surface area (Å²) in [4.78, 5) is 34.1. The Morgan fingerprint density at radius 1 is 1.26 bits per heavy atom. The molecule has 1 aliphatic rings. The molecule has 11 heteroatoms. The third kappa shape index (κ3) is 4.79. The summed E-state index contributed by atoms with van der Waals surface area (Å²) in [6.07, 6.45) is 1.36. The molecule has 2 aromatic heterocycles. The van der Waals surface area contributed by atoms with Gasteiger partial charge in [-0.15, -0.1) is 11.3 Å². The van der Waals surface area contributed by atoms with Crippen LogP contribution in [0.4, 0.5) is 5.95 Å². The third-order valence-corrected chi connectivity index (χ3v) is 5.49. The highest BCUT2D eigenvalue weighted by atomic mass is 32.1. The number of hydrogen-bond donors (Lipinski definition) is 1. The van der Waals surface area contributed by atoms with E-state index in [1.807, 2.05) is 11.8 Å². The second kappa shape index (κ2) is 8.92. The number of benzene rings is 1. The molecule has 0 aliphatic carbocycles. The van der Waals surface area contributed by atoms with Crippen LogP contribution in [0.25, 0.3) is 10.7 Å². The van der Waals surface area contributed by atoms with Gasteiger partial charge in [0.25, 0.3) is 5.91 Å². The Kier molecular flexibility index (Phi) is 6.07. The number of anilines is 1. The second-order valence-electron chi connectivity index (χ2n) is 7.15. The van der Waals surface area contributed by atoms with Crippen molar-refractivity contribution in [1.29, 1.82) is 0 Å². The first-order chi connectivity index (χ1) is 14.9. The van der Waals surface area contributed by atoms with Crippen molar-refractivity contribution < 1.29 is 14.3 Å². The van der Waals surface area contributed by atoms with E-state index in [1.165, 1.54) is 16.2 Å². The van der Waals surface area contributed by atoms with Gasteiger partial charge in [-0.25, -0.2) is 4.98 Å². The number of nitrogens with zero attached hydrogens (tertiary/aromatic N) is 6. The second-order valence-corrected chi connectivity index (χ2v) is 8.38. The van der Waals surface area contributed by atoms with E-state index in [9.17, 15) is 4.79 Å². The molecule has 3 aromatic rings. The number of nitrogens with two attached hydrogens (primary N) is 1. The lowest BCUT2D eigenvalue weighted by Crippen LogP contribution is -2.51. The zero-order valence-electron chi connectivity index (χ0n) is 17.5. The van der Waals surface area contributed by atoms with Crippen LogP contribution in [0.1, 0.15) is 15.4 Å². The van der Waals surface area contributed by atoms with Crippen LogP contribution < -0.4 is 15.4 Å². The molecule has 4 rings (SSSR count). The van der Waals surface area contributed by atoms with E-state index in [0.717, 1.165) is 9.88 Å². The minimum absolute atomic E-state index is 0.0850. The highest BCUT2D eigenvalue weighted by Crippen LogP contribution is 2.28. The van der Waals surface area contributed by atoms with E-state index in [4.69, 9.17) is 15.2 Å². The summed E-state index contributed by atoms with van der Waals surface area (Å²) in [6, 6.07) is 6.95. The SMILES string of the molecule is Cc1ncc(-c2nc(Oc3ccc(C(=O)N(C)C)cc3)nc(N3CCOC[C@H]3N)n2)s1. The lowest BCUT2D eigenvalue weighted by molar-refractivity contribution is 0.0827. The van der Waals surface area contributed by atoms with Crippen molar-refractivity contribution in [1.82, 2.24) is 24.8 Å². The lowest BCUT2D eigenvalue weighted by Gasteiger charge is -2.32. The Morgan fingerprint density at radius 3 is 2.68 bits per heavy atom. The number of morpholine rings is 1. The van der Waals surface area contributed by atoms with E-state index < -0.39 is 0 Å². The van der Waals surface area contributed by atoms with E-state index in [0.29, 0.717) is 42.8 Å². The third-order valence-electron chi connectivity index (χ3n) is 4.58. The average Bonchev–Trinajstić information content (AvgIpc) is 3.20. The number of thiazole rings is 1. The van der Waals surface area contributed by atoms with Gasteiger partial charge in [0.15, 0.2) is 5.82 Å². The summed E-state index contributed by atoms with van der Waals surface area (Å²) in [7, 11) is 3.41. The molecular weight excluding hydrogens is 418 g/mol. The van der Waals surface area contributed by atoms with Crippen LogP contribution >= 0.6 is 11.3 Å². The first-order valence-corrected chi connectivity index (χ1v) is 10.5. The van der Waals surface area contributed by atoms with Crippen LogP contribution in [0.5, 0.6) is 11.8 Å². The molecule has 0 bridgehead atoms. The van der Waals surface area contributed by atoms with Gasteiger partial charge in [0.2, 0.25) is 5.95 Å². The summed E-state index contributed by atoms with van der Waals surface area (Å²) < 4.78 is 11.3. The van der Waals surface area contributed by atoms with Crippen LogP contribution in [0.2, 0.25) is 0 Å². The Morgan fingerprint density at radius 2 is 2.03 bits per heavy atom. The highest BCUT2D eigenvalue weighted by Gasteiger charge is 2.24. The van der Waals surface area contributed by atoms with Gasteiger partial charge in [0.05, 0.1) is 23.1 Å². The first-order valence-electron chi connectivity index (χ1n) is 9.69. The molecule has 2 N–H and O–H groups in total. The van der Waals surface area contributed by atoms with Crippen LogP contribution in [0.3, 0.4) is 0 Å². The van der Waals surface area contributed by atoms with Gasteiger partial charge in [0, 0.05) is 32.4 Å². The molecule has 0 spiro atoms. The molecule has 1 aromatic carbocycles. The fraction of sp³-hybridized carbons (Fsp3) is 0.350. The van der Waals surface area contributed by atoms with Gasteiger partial charge in [-0.05, 0) is 31.2 Å². The Labute approximate surface area is 183 Å². The number of hydrogen-bond acceptors (Lipinski definition) is 10. The monoisotopic (exact) mass is 441 g/mol. The summed E-state index contributed by atoms with van der Waals surface area (Å²) in [5, 5.41) is 0.906. The normalized spacial score (nSPS) is 16.3. The van der Waals surface area contributed by atoms with Gasteiger partial charge in [0.1, 0.15) is 11.9 Å². The largest absolute Gasteiger partial charge is 0.424 e. The number of amides is 1. The van der Waals surface area contributed by atoms with Crippen molar-refractivity contribution in [3.05, 3.63) is 41.0 Å². The van der Waals surface area contributed by atoms with Crippen molar-refractivity contribution in [3.8, 4) is 22.5 Å². The summed E-state index contributed by atoms with van der Waals surface area (Å²) >= 11 is 1.48. The Hall–Kier alpha value is -3.15. The molecule has 1 atom stereocenters. The molecule has 0 unspecified atom stereocenters. The first kappa shape index (κ1) is 21.1. The van der Waals surface area contributed by atoms with E-state index in [-0.39, 0.29) is 18.1 Å². The standard InChI is InChI=1S/C20H23N7O3S/c1-12-22-10-15(31-12)17-23-19(27-8-9-29-11-16(27)21)25-20(24-17)30-14-6-4-13(5-7-14)18(28)26(2)3/h4-7,10,16H,8-9,11,21H2,1-3H3/t16-/m0/s1. The zero-order valence-corrected chi connectivity index (χ0v) is 18.3. The number of ether oxygens (including phenoxy) is 2. The predicted octanol–water partition coefficient (Wildman–Crippen LogP) is 1.92. The fourth-order valence-electron chi connectivity index (χ4n) is 3.00. The van der Waals surface area contributed by atoms with Crippen LogP contribution in [0.15, 0.2) is 30.5 Å². The highest BCUT2D eigenvalue weighted by molar-refractivity contribution is 7.14. The maximum Gasteiger partial charge on any atom is 0.327 e. The minimum Gasteiger partial charge on any atom is -0.424 e. The summed E-state index contributed by atoms with van der Waals surface area (Å²) in [6.45, 7) is 3.40. The lowest BCUT2D eigenvalue weighted by atomic mass is 10.2. The average molecular weight is 442 g/mol. The number of carbonyl (C=O) groups excluding carboxylic acids is 1. The van der Waals surface area contributed by atoms with Crippen LogP contribution in [0, 0.1) is 6.92 Å². The molecule has 1 fully saturated rings.